The number of carbonyl (C=O) groups is 1. The molecule has 0 radical (unpaired) electrons. The van der Waals surface area contributed by atoms with Gasteiger partial charge in [-0.15, -0.1) is 13.2 Å². The van der Waals surface area contributed by atoms with Gasteiger partial charge in [-0.25, -0.2) is 18.4 Å². The monoisotopic (exact) mass is 285 g/mol. The van der Waals surface area contributed by atoms with Crippen molar-refractivity contribution in [3.63, 3.8) is 0 Å². The van der Waals surface area contributed by atoms with Crippen LogP contribution in [0.5, 0.6) is 5.75 Å². The van der Waals surface area contributed by atoms with Crippen LogP contribution in [0.2, 0.25) is 0 Å². The fourth-order valence-electron chi connectivity index (χ4n) is 1.07. The summed E-state index contributed by atoms with van der Waals surface area (Å²) in [5, 5.41) is 13.3. The highest BCUT2D eigenvalue weighted by Crippen LogP contribution is 2.28. The number of sulfonamides is 1. The van der Waals surface area contributed by atoms with E-state index in [1.807, 2.05) is 0 Å². The minimum absolute atomic E-state index is 0.395. The summed E-state index contributed by atoms with van der Waals surface area (Å²) in [7, 11) is -4.26. The maximum absolute atomic E-state index is 12.0. The van der Waals surface area contributed by atoms with E-state index in [0.29, 0.717) is 12.1 Å². The Morgan fingerprint density at radius 1 is 1.33 bits per heavy atom. The Morgan fingerprint density at radius 3 is 2.28 bits per heavy atom. The van der Waals surface area contributed by atoms with Crippen LogP contribution in [0, 0.1) is 0 Å². The fraction of sp³-hybridized carbons (Fsp3) is 0.125. The van der Waals surface area contributed by atoms with Crippen molar-refractivity contribution in [2.24, 2.45) is 5.14 Å². The van der Waals surface area contributed by atoms with Crippen LogP contribution in [0.25, 0.3) is 0 Å². The van der Waals surface area contributed by atoms with Crippen molar-refractivity contribution in [3.05, 3.63) is 23.8 Å². The lowest BCUT2D eigenvalue weighted by atomic mass is 10.2. The Bertz CT molecular complexity index is 581. The quantitative estimate of drug-likeness (QED) is 0.859. The predicted molar refractivity (Wildman–Crippen MR) is 51.5 cm³/mol. The molecule has 0 aliphatic rings. The van der Waals surface area contributed by atoms with E-state index in [1.165, 1.54) is 0 Å². The number of halogens is 3. The van der Waals surface area contributed by atoms with E-state index in [0.717, 1.165) is 6.07 Å². The summed E-state index contributed by atoms with van der Waals surface area (Å²) >= 11 is 0. The molecule has 0 heterocycles. The molecule has 0 fully saturated rings. The zero-order valence-electron chi connectivity index (χ0n) is 8.43. The Balaban J connectivity index is 3.38. The normalized spacial score (nSPS) is 12.2. The van der Waals surface area contributed by atoms with Gasteiger partial charge < -0.3 is 9.84 Å². The van der Waals surface area contributed by atoms with Crippen LogP contribution in [-0.4, -0.2) is 25.9 Å². The van der Waals surface area contributed by atoms with Gasteiger partial charge in [-0.1, -0.05) is 0 Å². The minimum atomic E-state index is -5.15. The molecule has 0 atom stereocenters. The first-order valence-corrected chi connectivity index (χ1v) is 5.71. The third kappa shape index (κ3) is 3.60. The number of alkyl halides is 3. The Kier molecular flexibility index (Phi) is 3.53. The molecule has 0 amide bonds. The first-order chi connectivity index (χ1) is 8.00. The molecule has 0 aliphatic carbocycles. The molecule has 6 nitrogen and oxygen atoms in total. The number of ether oxygens (including phenoxy) is 1. The molecule has 0 aromatic heterocycles. The van der Waals surface area contributed by atoms with Gasteiger partial charge in [0.15, 0.2) is 0 Å². The first-order valence-electron chi connectivity index (χ1n) is 4.16. The van der Waals surface area contributed by atoms with Crippen LogP contribution in [0.4, 0.5) is 13.2 Å². The molecule has 0 saturated carbocycles. The standard InChI is InChI=1S/C8H6F3NO5S/c9-8(10,11)17-6-3-4(18(12,15)16)1-2-5(6)7(13)14/h1-3H,(H,13,14)(H2,12,15,16). The number of benzene rings is 1. The van der Waals surface area contributed by atoms with Gasteiger partial charge in [0.2, 0.25) is 10.0 Å². The number of nitrogens with two attached hydrogens (primary N) is 1. The number of hydrogen-bond donors (Lipinski definition) is 2. The predicted octanol–water partition coefficient (Wildman–Crippen LogP) is 0.931. The smallest absolute Gasteiger partial charge is 0.478 e. The van der Waals surface area contributed by atoms with E-state index in [4.69, 9.17) is 10.2 Å². The molecular weight excluding hydrogens is 279 g/mol. The molecule has 0 unspecified atom stereocenters. The van der Waals surface area contributed by atoms with Crippen molar-refractivity contribution in [1.29, 1.82) is 0 Å². The molecule has 1 aromatic rings. The van der Waals surface area contributed by atoms with Gasteiger partial charge in [-0.05, 0) is 12.1 Å². The molecule has 1 aromatic carbocycles. The second kappa shape index (κ2) is 4.46. The van der Waals surface area contributed by atoms with Crippen LogP contribution in [0.3, 0.4) is 0 Å². The van der Waals surface area contributed by atoms with Crippen molar-refractivity contribution in [3.8, 4) is 5.75 Å². The van der Waals surface area contributed by atoms with Crippen molar-refractivity contribution in [1.82, 2.24) is 0 Å². The van der Waals surface area contributed by atoms with Crippen LogP contribution < -0.4 is 9.88 Å². The van der Waals surface area contributed by atoms with Crippen molar-refractivity contribution < 1.29 is 36.2 Å². The number of carboxylic acids is 1. The van der Waals surface area contributed by atoms with E-state index in [2.05, 4.69) is 4.74 Å². The van der Waals surface area contributed by atoms with Gasteiger partial charge in [0.1, 0.15) is 11.3 Å². The molecule has 0 spiro atoms. The highest BCUT2D eigenvalue weighted by atomic mass is 32.2. The lowest BCUT2D eigenvalue weighted by molar-refractivity contribution is -0.274. The Morgan fingerprint density at radius 2 is 1.89 bits per heavy atom. The maximum Gasteiger partial charge on any atom is 0.573 e. The maximum atomic E-state index is 12.0. The van der Waals surface area contributed by atoms with Gasteiger partial charge >= 0.3 is 12.3 Å². The first kappa shape index (κ1) is 14.3. The number of carboxylic acid groups (broad SMARTS) is 1. The van der Waals surface area contributed by atoms with Gasteiger partial charge in [0.05, 0.1) is 4.90 Å². The largest absolute Gasteiger partial charge is 0.573 e. The number of hydrogen-bond acceptors (Lipinski definition) is 4. The zero-order valence-corrected chi connectivity index (χ0v) is 9.25. The topological polar surface area (TPSA) is 107 Å². The van der Waals surface area contributed by atoms with Gasteiger partial charge in [-0.2, -0.15) is 0 Å². The number of aromatic carboxylic acids is 1. The number of primary sulfonamides is 1. The van der Waals surface area contributed by atoms with Crippen molar-refractivity contribution >= 4 is 16.0 Å². The average molecular weight is 285 g/mol. The highest BCUT2D eigenvalue weighted by Gasteiger charge is 2.33. The molecule has 0 saturated heterocycles. The van der Waals surface area contributed by atoms with Crippen molar-refractivity contribution in [2.75, 3.05) is 0 Å². The summed E-state index contributed by atoms with van der Waals surface area (Å²) < 4.78 is 61.3. The van der Waals surface area contributed by atoms with E-state index >= 15 is 0 Å². The van der Waals surface area contributed by atoms with Gasteiger partial charge in [-0.3, -0.25) is 0 Å². The fourth-order valence-corrected chi connectivity index (χ4v) is 1.59. The van der Waals surface area contributed by atoms with Crippen LogP contribution >= 0.6 is 0 Å². The third-order valence-electron chi connectivity index (χ3n) is 1.74. The molecule has 0 bridgehead atoms. The SMILES string of the molecule is NS(=O)(=O)c1ccc(C(=O)O)c(OC(F)(F)F)c1. The lowest BCUT2D eigenvalue weighted by Gasteiger charge is -2.12. The molecule has 3 N–H and O–H groups in total. The van der Waals surface area contributed by atoms with Crippen LogP contribution in [0.1, 0.15) is 10.4 Å². The molecule has 100 valence electrons. The van der Waals surface area contributed by atoms with Gasteiger partial charge in [0.25, 0.3) is 0 Å². The molecule has 10 heteroatoms. The van der Waals surface area contributed by atoms with Crippen molar-refractivity contribution in [2.45, 2.75) is 11.3 Å². The van der Waals surface area contributed by atoms with E-state index in [-0.39, 0.29) is 0 Å². The summed E-state index contributed by atoms with van der Waals surface area (Å²) in [5.41, 5.74) is -0.834. The second-order valence-corrected chi connectivity index (χ2v) is 4.62. The Labute approximate surface area is 98.8 Å². The second-order valence-electron chi connectivity index (χ2n) is 3.06. The Hall–Kier alpha value is -1.81. The minimum Gasteiger partial charge on any atom is -0.478 e. The third-order valence-corrected chi connectivity index (χ3v) is 2.65. The average Bonchev–Trinajstić information content (AvgIpc) is 2.12. The lowest BCUT2D eigenvalue weighted by Crippen LogP contribution is -2.20. The van der Waals surface area contributed by atoms with Crippen LogP contribution in [0.15, 0.2) is 23.1 Å². The summed E-state index contributed by atoms with van der Waals surface area (Å²) in [5.74, 6) is -2.85. The van der Waals surface area contributed by atoms with E-state index < -0.39 is 38.6 Å². The van der Waals surface area contributed by atoms with Crippen LogP contribution in [-0.2, 0) is 10.0 Å². The van der Waals surface area contributed by atoms with E-state index in [1.54, 1.807) is 0 Å². The summed E-state index contributed by atoms with van der Waals surface area (Å²) in [6, 6.07) is 1.82. The number of rotatable bonds is 3. The highest BCUT2D eigenvalue weighted by molar-refractivity contribution is 7.89. The summed E-state index contributed by atoms with van der Waals surface area (Å²) in [6.45, 7) is 0. The summed E-state index contributed by atoms with van der Waals surface area (Å²) in [6.07, 6.45) is -5.15. The molecule has 1 rings (SSSR count). The molecule has 0 aliphatic heterocycles. The molecule has 18 heavy (non-hydrogen) atoms. The zero-order chi connectivity index (χ0) is 14.1. The molecular formula is C8H6F3NO5S. The van der Waals surface area contributed by atoms with E-state index in [9.17, 15) is 26.4 Å². The van der Waals surface area contributed by atoms with Gasteiger partial charge in [0, 0.05) is 6.07 Å². The summed E-state index contributed by atoms with van der Waals surface area (Å²) in [4.78, 5) is 9.95.